The maximum atomic E-state index is 11.6. The molecule has 0 aliphatic carbocycles. The molecule has 0 aliphatic rings. The van der Waals surface area contributed by atoms with Crippen LogP contribution >= 0.6 is 0 Å². The number of carbonyl (C=O) groups is 1. The number of nitrogens with zero attached hydrogens (tertiary/aromatic N) is 4. The van der Waals surface area contributed by atoms with Gasteiger partial charge in [0.2, 0.25) is 0 Å². The predicted molar refractivity (Wildman–Crippen MR) is 134 cm³/mol. The molecular weight excluding hydrogens is 440 g/mol. The maximum Gasteiger partial charge on any atom is 0.309 e. The summed E-state index contributed by atoms with van der Waals surface area (Å²) >= 11 is 0. The van der Waals surface area contributed by atoms with Crippen molar-refractivity contribution in [1.82, 2.24) is 19.7 Å². The van der Waals surface area contributed by atoms with Gasteiger partial charge in [0.1, 0.15) is 5.76 Å². The van der Waals surface area contributed by atoms with Crippen molar-refractivity contribution in [3.63, 3.8) is 0 Å². The molecule has 4 heterocycles. The Balaban J connectivity index is 1.65. The van der Waals surface area contributed by atoms with E-state index in [1.165, 1.54) is 7.11 Å². The van der Waals surface area contributed by atoms with E-state index < -0.39 is 0 Å². The fourth-order valence-corrected chi connectivity index (χ4v) is 4.50. The Bertz CT molecular complexity index is 1480. The minimum Gasteiger partial charge on any atom is -0.469 e. The largest absolute Gasteiger partial charge is 0.469 e. The van der Waals surface area contributed by atoms with Crippen LogP contribution in [0.3, 0.4) is 0 Å². The van der Waals surface area contributed by atoms with Crippen LogP contribution in [0.15, 0.2) is 71.6 Å². The van der Waals surface area contributed by atoms with Gasteiger partial charge in [-0.1, -0.05) is 35.5 Å². The Labute approximate surface area is 203 Å². The molecule has 5 rings (SSSR count). The molecule has 0 N–H and O–H groups in total. The van der Waals surface area contributed by atoms with Crippen molar-refractivity contribution in [2.45, 2.75) is 33.2 Å². The molecule has 1 atom stereocenters. The molecule has 0 unspecified atom stereocenters. The van der Waals surface area contributed by atoms with Crippen molar-refractivity contribution in [3.8, 4) is 22.3 Å². The first-order valence-electron chi connectivity index (χ1n) is 11.5. The van der Waals surface area contributed by atoms with Crippen LogP contribution in [0.5, 0.6) is 0 Å². The summed E-state index contributed by atoms with van der Waals surface area (Å²) in [6, 6.07) is 16.0. The zero-order valence-electron chi connectivity index (χ0n) is 20.1. The van der Waals surface area contributed by atoms with Gasteiger partial charge in [-0.3, -0.25) is 14.8 Å². The molecular formula is C28H26N4O3. The fraction of sp³-hybridized carbons (Fsp3) is 0.214. The summed E-state index contributed by atoms with van der Waals surface area (Å²) in [7, 11) is 1.40. The number of pyridine rings is 2. The fourth-order valence-electron chi connectivity index (χ4n) is 4.50. The van der Waals surface area contributed by atoms with Gasteiger partial charge < -0.3 is 13.8 Å². The lowest BCUT2D eigenvalue weighted by Gasteiger charge is -2.15. The molecule has 0 bridgehead atoms. The van der Waals surface area contributed by atoms with Gasteiger partial charge in [0, 0.05) is 35.3 Å². The van der Waals surface area contributed by atoms with E-state index in [0.29, 0.717) is 0 Å². The van der Waals surface area contributed by atoms with Gasteiger partial charge in [-0.25, -0.2) is 0 Å². The van der Waals surface area contributed by atoms with E-state index in [1.54, 1.807) is 0 Å². The third-order valence-corrected chi connectivity index (χ3v) is 6.37. The summed E-state index contributed by atoms with van der Waals surface area (Å²) in [5.41, 5.74) is 8.55. The van der Waals surface area contributed by atoms with Gasteiger partial charge in [-0.15, -0.1) is 0 Å². The third kappa shape index (κ3) is 4.21. The summed E-state index contributed by atoms with van der Waals surface area (Å²) in [5.74, 6) is 0.507. The van der Waals surface area contributed by atoms with Gasteiger partial charge in [0.25, 0.3) is 0 Å². The third-order valence-electron chi connectivity index (χ3n) is 6.37. The van der Waals surface area contributed by atoms with Gasteiger partial charge in [0.05, 0.1) is 42.0 Å². The average molecular weight is 467 g/mol. The van der Waals surface area contributed by atoms with Crippen LogP contribution < -0.4 is 0 Å². The van der Waals surface area contributed by atoms with Gasteiger partial charge in [0.15, 0.2) is 0 Å². The number of fused-ring (bicyclic) bond motifs is 1. The number of carbonyl (C=O) groups excluding carboxylic acids is 1. The van der Waals surface area contributed by atoms with E-state index in [4.69, 9.17) is 14.2 Å². The quantitative estimate of drug-likeness (QED) is 0.299. The Morgan fingerprint density at radius 3 is 2.54 bits per heavy atom. The Kier molecular flexibility index (Phi) is 5.91. The number of hydrogen-bond acceptors (Lipinski definition) is 6. The van der Waals surface area contributed by atoms with Crippen molar-refractivity contribution in [2.75, 3.05) is 7.11 Å². The average Bonchev–Trinajstić information content (AvgIpc) is 3.43. The van der Waals surface area contributed by atoms with E-state index in [9.17, 15) is 4.79 Å². The van der Waals surface area contributed by atoms with Gasteiger partial charge in [-0.2, -0.15) is 0 Å². The molecule has 0 radical (unpaired) electrons. The number of benzene rings is 1. The van der Waals surface area contributed by atoms with Crippen molar-refractivity contribution in [3.05, 3.63) is 89.8 Å². The van der Waals surface area contributed by atoms with Crippen LogP contribution in [-0.4, -0.2) is 32.8 Å². The summed E-state index contributed by atoms with van der Waals surface area (Å²) in [6.45, 7) is 5.98. The lowest BCUT2D eigenvalue weighted by molar-refractivity contribution is -0.139. The van der Waals surface area contributed by atoms with E-state index in [-0.39, 0.29) is 18.4 Å². The molecule has 5 aromatic rings. The SMILES string of the molecule is COC(=O)Cc1ccc(-c2cn([C@@H](C)c3ccccn3)c3cc(-c4c(C)noc4C)cnc23)cc1. The van der Waals surface area contributed by atoms with Crippen molar-refractivity contribution in [2.24, 2.45) is 0 Å². The highest BCUT2D eigenvalue weighted by Crippen LogP contribution is 2.36. The second kappa shape index (κ2) is 9.18. The van der Waals surface area contributed by atoms with Gasteiger partial charge in [-0.05, 0) is 50.1 Å². The number of esters is 1. The highest BCUT2D eigenvalue weighted by molar-refractivity contribution is 5.95. The lowest BCUT2D eigenvalue weighted by atomic mass is 10.0. The number of rotatable bonds is 6. The van der Waals surface area contributed by atoms with Crippen molar-refractivity contribution in [1.29, 1.82) is 0 Å². The standard InChI is InChI=1S/C28H26N4O3/c1-17-27(19(3)35-31-17)22-14-25-28(30-15-22)23(16-32(25)18(2)24-7-5-6-12-29-24)21-10-8-20(9-11-21)13-26(33)34-4/h5-12,14-16,18H,13H2,1-4H3/t18-/m0/s1. The molecule has 0 saturated heterocycles. The van der Waals surface area contributed by atoms with Crippen LogP contribution in [0.4, 0.5) is 0 Å². The zero-order chi connectivity index (χ0) is 24.5. The minimum atomic E-state index is -0.257. The molecule has 0 aliphatic heterocycles. The van der Waals surface area contributed by atoms with E-state index >= 15 is 0 Å². The number of ether oxygens (including phenoxy) is 1. The first kappa shape index (κ1) is 22.5. The Morgan fingerprint density at radius 2 is 1.89 bits per heavy atom. The molecule has 7 heteroatoms. The van der Waals surface area contributed by atoms with E-state index in [0.717, 1.165) is 56.0 Å². The molecule has 0 fully saturated rings. The zero-order valence-corrected chi connectivity index (χ0v) is 20.1. The molecule has 7 nitrogen and oxygen atoms in total. The summed E-state index contributed by atoms with van der Waals surface area (Å²) in [5, 5.41) is 4.11. The molecule has 0 spiro atoms. The van der Waals surface area contributed by atoms with Crippen LogP contribution in [0.2, 0.25) is 0 Å². The number of methoxy groups -OCH3 is 1. The molecule has 1 aromatic carbocycles. The molecule has 0 saturated carbocycles. The highest BCUT2D eigenvalue weighted by Gasteiger charge is 2.20. The minimum absolute atomic E-state index is 0.00670. The highest BCUT2D eigenvalue weighted by atomic mass is 16.5. The lowest BCUT2D eigenvalue weighted by Crippen LogP contribution is -2.07. The maximum absolute atomic E-state index is 11.6. The normalized spacial score (nSPS) is 12.1. The van der Waals surface area contributed by atoms with Crippen molar-refractivity contribution < 1.29 is 14.1 Å². The second-order valence-corrected chi connectivity index (χ2v) is 8.62. The van der Waals surface area contributed by atoms with Crippen LogP contribution in [0, 0.1) is 13.8 Å². The first-order chi connectivity index (χ1) is 17.0. The monoisotopic (exact) mass is 466 g/mol. The topological polar surface area (TPSA) is 83.0 Å². The van der Waals surface area contributed by atoms with Crippen LogP contribution in [0.1, 0.15) is 35.7 Å². The Hall–Kier alpha value is -4.26. The molecule has 4 aromatic heterocycles. The van der Waals surface area contributed by atoms with Crippen LogP contribution in [-0.2, 0) is 16.0 Å². The van der Waals surface area contributed by atoms with Crippen LogP contribution in [0.25, 0.3) is 33.3 Å². The van der Waals surface area contributed by atoms with Gasteiger partial charge >= 0.3 is 5.97 Å². The number of hydrogen-bond donors (Lipinski definition) is 0. The number of aryl methyl sites for hydroxylation is 2. The second-order valence-electron chi connectivity index (χ2n) is 8.62. The smallest absolute Gasteiger partial charge is 0.309 e. The van der Waals surface area contributed by atoms with E-state index in [2.05, 4.69) is 33.9 Å². The number of aromatic nitrogens is 4. The summed E-state index contributed by atoms with van der Waals surface area (Å²) < 4.78 is 12.4. The Morgan fingerprint density at radius 1 is 1.09 bits per heavy atom. The van der Waals surface area contributed by atoms with E-state index in [1.807, 2.05) is 68.7 Å². The molecule has 0 amide bonds. The first-order valence-corrected chi connectivity index (χ1v) is 11.5. The summed E-state index contributed by atoms with van der Waals surface area (Å²) in [4.78, 5) is 21.1. The molecule has 35 heavy (non-hydrogen) atoms. The predicted octanol–water partition coefficient (Wildman–Crippen LogP) is 5.69. The summed E-state index contributed by atoms with van der Waals surface area (Å²) in [6.07, 6.45) is 6.06. The van der Waals surface area contributed by atoms with Crippen molar-refractivity contribution >= 4 is 17.0 Å². The molecule has 176 valence electrons.